The molecule has 0 saturated carbocycles. The van der Waals surface area contributed by atoms with E-state index in [1.54, 1.807) is 12.0 Å². The summed E-state index contributed by atoms with van der Waals surface area (Å²) in [7, 11) is 1.54. The second kappa shape index (κ2) is 6.66. The molecule has 1 saturated heterocycles. The molecule has 1 amide bonds. The highest BCUT2D eigenvalue weighted by Crippen LogP contribution is 2.23. The third kappa shape index (κ3) is 3.07. The van der Waals surface area contributed by atoms with Crippen LogP contribution in [-0.4, -0.2) is 36.8 Å². The quantitative estimate of drug-likeness (QED) is 0.846. The number of carbonyl (C=O) groups is 2. The fourth-order valence-electron chi connectivity index (χ4n) is 2.64. The van der Waals surface area contributed by atoms with E-state index in [4.69, 9.17) is 4.74 Å². The first-order chi connectivity index (χ1) is 9.67. The Balaban J connectivity index is 2.11. The van der Waals surface area contributed by atoms with Crippen molar-refractivity contribution in [1.29, 1.82) is 0 Å². The first-order valence-corrected chi connectivity index (χ1v) is 7.06. The highest BCUT2D eigenvalue weighted by molar-refractivity contribution is 5.87. The maximum atomic E-state index is 12.6. The first-order valence-electron chi connectivity index (χ1n) is 7.06. The van der Waals surface area contributed by atoms with Crippen molar-refractivity contribution in [3.05, 3.63) is 35.9 Å². The van der Waals surface area contributed by atoms with Crippen molar-refractivity contribution in [3.63, 3.8) is 0 Å². The number of benzene rings is 1. The molecule has 1 aliphatic rings. The number of nitrogens with zero attached hydrogens (tertiary/aromatic N) is 1. The molecule has 0 aromatic heterocycles. The molecule has 0 radical (unpaired) electrons. The van der Waals surface area contributed by atoms with Gasteiger partial charge in [-0.2, -0.15) is 0 Å². The zero-order chi connectivity index (χ0) is 14.5. The van der Waals surface area contributed by atoms with Crippen LogP contribution < -0.4 is 0 Å². The molecule has 1 aliphatic heterocycles. The van der Waals surface area contributed by atoms with Gasteiger partial charge in [-0.25, -0.2) is 0 Å². The largest absolute Gasteiger partial charge is 0.367 e. The number of amides is 1. The number of hydrogen-bond donors (Lipinski definition) is 0. The van der Waals surface area contributed by atoms with Crippen molar-refractivity contribution in [1.82, 2.24) is 4.90 Å². The normalized spacial score (nSPS) is 20.8. The Kier molecular flexibility index (Phi) is 4.90. The smallest absolute Gasteiger partial charge is 0.256 e. The standard InChI is InChI=1S/C16H21NO3/c1-3-12-11-17(10-9-14(12)18)16(19)15(20-2)13-7-5-4-6-8-13/h4-8,12,15H,3,9-11H2,1-2H3. The summed E-state index contributed by atoms with van der Waals surface area (Å²) in [5.41, 5.74) is 0.852. The van der Waals surface area contributed by atoms with Crippen LogP contribution in [0.4, 0.5) is 0 Å². The third-order valence-electron chi connectivity index (χ3n) is 3.89. The molecule has 108 valence electrons. The van der Waals surface area contributed by atoms with Crippen molar-refractivity contribution < 1.29 is 14.3 Å². The number of ether oxygens (including phenoxy) is 1. The average Bonchev–Trinajstić information content (AvgIpc) is 2.49. The first kappa shape index (κ1) is 14.7. The summed E-state index contributed by atoms with van der Waals surface area (Å²) in [5.74, 6) is 0.191. The summed E-state index contributed by atoms with van der Waals surface area (Å²) in [6.07, 6.45) is 0.656. The van der Waals surface area contributed by atoms with Gasteiger partial charge in [0.2, 0.25) is 0 Å². The topological polar surface area (TPSA) is 46.6 Å². The Labute approximate surface area is 119 Å². The number of carbonyl (C=O) groups excluding carboxylic acids is 2. The van der Waals surface area contributed by atoms with Crippen molar-refractivity contribution >= 4 is 11.7 Å². The second-order valence-electron chi connectivity index (χ2n) is 5.13. The Morgan fingerprint density at radius 2 is 2.10 bits per heavy atom. The maximum Gasteiger partial charge on any atom is 0.256 e. The molecule has 2 atom stereocenters. The van der Waals surface area contributed by atoms with Crippen molar-refractivity contribution in [2.75, 3.05) is 20.2 Å². The molecule has 4 nitrogen and oxygen atoms in total. The molecule has 0 bridgehead atoms. The van der Waals surface area contributed by atoms with E-state index in [0.29, 0.717) is 19.5 Å². The highest BCUT2D eigenvalue weighted by atomic mass is 16.5. The Hall–Kier alpha value is -1.68. The molecule has 0 spiro atoms. The van der Waals surface area contributed by atoms with E-state index in [-0.39, 0.29) is 17.6 Å². The van der Waals surface area contributed by atoms with Crippen LogP contribution in [0.3, 0.4) is 0 Å². The van der Waals surface area contributed by atoms with Crippen LogP contribution in [-0.2, 0) is 14.3 Å². The maximum absolute atomic E-state index is 12.6. The minimum absolute atomic E-state index is 0.0269. The minimum Gasteiger partial charge on any atom is -0.367 e. The van der Waals surface area contributed by atoms with Crippen LogP contribution in [0.1, 0.15) is 31.4 Å². The number of Topliss-reactive ketones (excluding diaryl/α,β-unsaturated/α-hetero) is 1. The summed E-state index contributed by atoms with van der Waals surface area (Å²) >= 11 is 0. The van der Waals surface area contributed by atoms with Gasteiger partial charge in [0.25, 0.3) is 5.91 Å². The van der Waals surface area contributed by atoms with Gasteiger partial charge >= 0.3 is 0 Å². The van der Waals surface area contributed by atoms with Crippen LogP contribution >= 0.6 is 0 Å². The molecule has 4 heteroatoms. The Bertz CT molecular complexity index is 472. The van der Waals surface area contributed by atoms with Crippen molar-refractivity contribution in [2.45, 2.75) is 25.9 Å². The van der Waals surface area contributed by atoms with Crippen LogP contribution in [0.25, 0.3) is 0 Å². The fourth-order valence-corrected chi connectivity index (χ4v) is 2.64. The number of methoxy groups -OCH3 is 1. The van der Waals surface area contributed by atoms with Crippen molar-refractivity contribution in [2.24, 2.45) is 5.92 Å². The predicted molar refractivity (Wildman–Crippen MR) is 76.2 cm³/mol. The van der Waals surface area contributed by atoms with E-state index in [2.05, 4.69) is 0 Å². The number of piperidine rings is 1. The lowest BCUT2D eigenvalue weighted by molar-refractivity contribution is -0.146. The van der Waals surface area contributed by atoms with E-state index >= 15 is 0 Å². The fraction of sp³-hybridized carbons (Fsp3) is 0.500. The summed E-state index contributed by atoms with van der Waals surface area (Å²) in [5, 5.41) is 0. The summed E-state index contributed by atoms with van der Waals surface area (Å²) < 4.78 is 5.37. The number of ketones is 1. The molecule has 1 fully saturated rings. The van der Waals surface area contributed by atoms with Gasteiger partial charge in [-0.1, -0.05) is 37.3 Å². The molecule has 2 unspecified atom stereocenters. The molecule has 1 aromatic rings. The number of hydrogen-bond acceptors (Lipinski definition) is 3. The van der Waals surface area contributed by atoms with E-state index in [9.17, 15) is 9.59 Å². The zero-order valence-corrected chi connectivity index (χ0v) is 12.0. The second-order valence-corrected chi connectivity index (χ2v) is 5.13. The molecular formula is C16H21NO3. The summed E-state index contributed by atoms with van der Waals surface area (Å²) in [6.45, 7) is 3.00. The summed E-state index contributed by atoms with van der Waals surface area (Å²) in [4.78, 5) is 26.1. The van der Waals surface area contributed by atoms with Gasteiger partial charge in [-0.05, 0) is 12.0 Å². The number of rotatable bonds is 4. The van der Waals surface area contributed by atoms with Gasteiger partial charge < -0.3 is 9.64 Å². The highest BCUT2D eigenvalue weighted by Gasteiger charge is 2.32. The molecule has 0 N–H and O–H groups in total. The Morgan fingerprint density at radius 1 is 1.40 bits per heavy atom. The van der Waals surface area contributed by atoms with Crippen molar-refractivity contribution in [3.8, 4) is 0 Å². The molecule has 1 aromatic carbocycles. The van der Waals surface area contributed by atoms with Crippen LogP contribution in [0.5, 0.6) is 0 Å². The lowest BCUT2D eigenvalue weighted by Gasteiger charge is -2.33. The van der Waals surface area contributed by atoms with Crippen LogP contribution in [0, 0.1) is 5.92 Å². The molecule has 20 heavy (non-hydrogen) atoms. The van der Waals surface area contributed by atoms with E-state index < -0.39 is 6.10 Å². The Morgan fingerprint density at radius 3 is 2.70 bits per heavy atom. The van der Waals surface area contributed by atoms with E-state index in [1.165, 1.54) is 0 Å². The van der Waals surface area contributed by atoms with Gasteiger partial charge in [-0.3, -0.25) is 9.59 Å². The summed E-state index contributed by atoms with van der Waals surface area (Å²) in [6, 6.07) is 9.47. The lowest BCUT2D eigenvalue weighted by atomic mass is 9.93. The lowest BCUT2D eigenvalue weighted by Crippen LogP contribution is -2.46. The van der Waals surface area contributed by atoms with E-state index in [1.807, 2.05) is 37.3 Å². The van der Waals surface area contributed by atoms with Gasteiger partial charge in [0.1, 0.15) is 5.78 Å². The van der Waals surface area contributed by atoms with Gasteiger partial charge in [0, 0.05) is 32.5 Å². The van der Waals surface area contributed by atoms with E-state index in [0.717, 1.165) is 12.0 Å². The van der Waals surface area contributed by atoms with Gasteiger partial charge in [0.15, 0.2) is 6.10 Å². The third-order valence-corrected chi connectivity index (χ3v) is 3.89. The average molecular weight is 275 g/mol. The zero-order valence-electron chi connectivity index (χ0n) is 12.0. The molecule has 1 heterocycles. The SMILES string of the molecule is CCC1CN(C(=O)C(OC)c2ccccc2)CCC1=O. The van der Waals surface area contributed by atoms with Gasteiger partial charge in [-0.15, -0.1) is 0 Å². The molecule has 0 aliphatic carbocycles. The predicted octanol–water partition coefficient (Wildman–Crippen LogP) is 2.20. The molecular weight excluding hydrogens is 254 g/mol. The van der Waals surface area contributed by atoms with Crippen LogP contribution in [0.2, 0.25) is 0 Å². The monoisotopic (exact) mass is 275 g/mol. The number of likely N-dealkylation sites (tertiary alicyclic amines) is 1. The van der Waals surface area contributed by atoms with Gasteiger partial charge in [0.05, 0.1) is 0 Å². The minimum atomic E-state index is -0.582. The van der Waals surface area contributed by atoms with Crippen LogP contribution in [0.15, 0.2) is 30.3 Å². The molecule has 2 rings (SSSR count).